The standard InChI is InChI=1S/C32H38F2N2O4S/c1-20-16-24(12-15-28(20)39-2)22-8-6-21(7-9-22)19-36(30(38)23-10-13-27(37)14-11-23)26-5-3-4-25(17-26)29-18-35-32(41-29)40-31(33)34/h3-5,12,15-18,21-23,27,31,37H,6-11,13-14,19H2,1-2H3. The summed E-state index contributed by atoms with van der Waals surface area (Å²) >= 11 is 1.06. The monoisotopic (exact) mass is 584 g/mol. The van der Waals surface area contributed by atoms with Gasteiger partial charge in [-0.1, -0.05) is 35.6 Å². The van der Waals surface area contributed by atoms with Crippen molar-refractivity contribution in [3.8, 4) is 21.4 Å². The lowest BCUT2D eigenvalue weighted by Crippen LogP contribution is -2.41. The van der Waals surface area contributed by atoms with E-state index in [-0.39, 0.29) is 23.1 Å². The van der Waals surface area contributed by atoms with E-state index in [4.69, 9.17) is 4.74 Å². The molecule has 5 rings (SSSR count). The summed E-state index contributed by atoms with van der Waals surface area (Å²) in [6, 6.07) is 14.1. The number of aliphatic hydroxyl groups is 1. The summed E-state index contributed by atoms with van der Waals surface area (Å²) in [6.07, 6.45) is 8.06. The number of ether oxygens (including phenoxy) is 2. The largest absolute Gasteiger partial charge is 0.496 e. The predicted molar refractivity (Wildman–Crippen MR) is 157 cm³/mol. The number of aliphatic hydroxyl groups excluding tert-OH is 1. The maximum Gasteiger partial charge on any atom is 0.389 e. The second-order valence-corrected chi connectivity index (χ2v) is 12.3. The lowest BCUT2D eigenvalue weighted by molar-refractivity contribution is -0.124. The average Bonchev–Trinajstić information content (AvgIpc) is 3.44. The number of hydrogen-bond acceptors (Lipinski definition) is 6. The van der Waals surface area contributed by atoms with Gasteiger partial charge in [0.05, 0.1) is 18.1 Å². The SMILES string of the molecule is COc1ccc(C2CCC(CN(C(=O)C3CCC(O)CC3)c3cccc(-c4cnc(OC(F)F)s4)c3)CC2)cc1C. The van der Waals surface area contributed by atoms with Crippen LogP contribution in [-0.2, 0) is 4.79 Å². The van der Waals surface area contributed by atoms with Gasteiger partial charge in [0, 0.05) is 24.3 Å². The minimum atomic E-state index is -2.92. The van der Waals surface area contributed by atoms with Crippen molar-refractivity contribution in [2.24, 2.45) is 11.8 Å². The summed E-state index contributed by atoms with van der Waals surface area (Å²) in [5, 5.41) is 9.93. The summed E-state index contributed by atoms with van der Waals surface area (Å²) in [5.74, 6) is 1.77. The molecule has 2 aliphatic rings. The molecule has 1 aromatic heterocycles. The number of rotatable bonds is 9. The third-order valence-electron chi connectivity index (χ3n) is 8.61. The lowest BCUT2D eigenvalue weighted by Gasteiger charge is -2.36. The van der Waals surface area contributed by atoms with E-state index in [0.29, 0.717) is 48.9 Å². The van der Waals surface area contributed by atoms with Crippen molar-refractivity contribution in [3.05, 3.63) is 59.8 Å². The fraction of sp³-hybridized carbons (Fsp3) is 0.500. The molecular weight excluding hydrogens is 546 g/mol. The second kappa shape index (κ2) is 13.3. The number of anilines is 1. The van der Waals surface area contributed by atoms with Gasteiger partial charge in [-0.3, -0.25) is 4.79 Å². The van der Waals surface area contributed by atoms with Crippen LogP contribution in [0, 0.1) is 18.8 Å². The predicted octanol–water partition coefficient (Wildman–Crippen LogP) is 7.59. The number of methoxy groups -OCH3 is 1. The minimum absolute atomic E-state index is 0.0853. The molecule has 0 saturated heterocycles. The summed E-state index contributed by atoms with van der Waals surface area (Å²) < 4.78 is 35.2. The number of alkyl halides is 2. The molecule has 41 heavy (non-hydrogen) atoms. The van der Waals surface area contributed by atoms with Crippen molar-refractivity contribution >= 4 is 22.9 Å². The molecule has 220 valence electrons. The van der Waals surface area contributed by atoms with E-state index in [1.54, 1.807) is 7.11 Å². The third-order valence-corrected chi connectivity index (χ3v) is 9.54. The maximum absolute atomic E-state index is 14.0. The molecule has 1 amide bonds. The van der Waals surface area contributed by atoms with Gasteiger partial charge in [-0.15, -0.1) is 0 Å². The molecule has 6 nitrogen and oxygen atoms in total. The first-order valence-electron chi connectivity index (χ1n) is 14.5. The third kappa shape index (κ3) is 7.25. The highest BCUT2D eigenvalue weighted by Gasteiger charge is 2.32. The molecule has 3 aromatic rings. The Kier molecular flexibility index (Phi) is 9.55. The first-order valence-corrected chi connectivity index (χ1v) is 15.3. The number of carbonyl (C=O) groups is 1. The lowest BCUT2D eigenvalue weighted by atomic mass is 9.78. The molecule has 0 unspecified atom stereocenters. The molecule has 0 aliphatic heterocycles. The van der Waals surface area contributed by atoms with Gasteiger partial charge >= 0.3 is 6.61 Å². The quantitative estimate of drug-likeness (QED) is 0.281. The van der Waals surface area contributed by atoms with E-state index in [1.807, 2.05) is 29.2 Å². The zero-order valence-corrected chi connectivity index (χ0v) is 24.4. The molecule has 0 spiro atoms. The molecule has 0 bridgehead atoms. The Bertz CT molecular complexity index is 1320. The van der Waals surface area contributed by atoms with Crippen molar-refractivity contribution in [1.82, 2.24) is 4.98 Å². The maximum atomic E-state index is 14.0. The topological polar surface area (TPSA) is 71.9 Å². The Hall–Kier alpha value is -3.04. The van der Waals surface area contributed by atoms with Gasteiger partial charge in [-0.25, -0.2) is 4.98 Å². The van der Waals surface area contributed by atoms with Crippen LogP contribution in [0.2, 0.25) is 0 Å². The van der Waals surface area contributed by atoms with Crippen LogP contribution in [0.1, 0.15) is 68.4 Å². The number of carbonyl (C=O) groups excluding carboxylic acids is 1. The van der Waals surface area contributed by atoms with Crippen LogP contribution < -0.4 is 14.4 Å². The molecule has 2 aliphatic carbocycles. The fourth-order valence-electron chi connectivity index (χ4n) is 6.31. The fourth-order valence-corrected chi connectivity index (χ4v) is 7.07. The van der Waals surface area contributed by atoms with Gasteiger partial charge in [-0.2, -0.15) is 8.78 Å². The van der Waals surface area contributed by atoms with Crippen LogP contribution in [0.3, 0.4) is 0 Å². The molecule has 2 fully saturated rings. The van der Waals surface area contributed by atoms with E-state index in [2.05, 4.69) is 34.8 Å². The van der Waals surface area contributed by atoms with Gasteiger partial charge in [0.1, 0.15) is 5.75 Å². The number of halogens is 2. The van der Waals surface area contributed by atoms with E-state index in [9.17, 15) is 18.7 Å². The molecule has 2 saturated carbocycles. The summed E-state index contributed by atoms with van der Waals surface area (Å²) in [7, 11) is 1.70. The van der Waals surface area contributed by atoms with Crippen molar-refractivity contribution < 1.29 is 28.2 Å². The van der Waals surface area contributed by atoms with E-state index in [1.165, 1.54) is 11.8 Å². The summed E-state index contributed by atoms with van der Waals surface area (Å²) in [4.78, 5) is 20.6. The molecule has 2 aromatic carbocycles. The van der Waals surface area contributed by atoms with Crippen LogP contribution in [0.25, 0.3) is 10.4 Å². The number of hydrogen-bond donors (Lipinski definition) is 1. The van der Waals surface area contributed by atoms with Crippen LogP contribution in [0.5, 0.6) is 10.9 Å². The normalized spacial score (nSPS) is 22.9. The van der Waals surface area contributed by atoms with Gasteiger partial charge in [0.2, 0.25) is 5.91 Å². The van der Waals surface area contributed by atoms with Gasteiger partial charge in [0.25, 0.3) is 5.19 Å². The zero-order chi connectivity index (χ0) is 28.9. The van der Waals surface area contributed by atoms with Crippen LogP contribution in [0.4, 0.5) is 14.5 Å². The number of thiazole rings is 1. The Labute approximate surface area is 244 Å². The molecule has 9 heteroatoms. The number of aryl methyl sites for hydroxylation is 1. The Morgan fingerprint density at radius 1 is 1.07 bits per heavy atom. The van der Waals surface area contributed by atoms with Crippen molar-refractivity contribution in [3.63, 3.8) is 0 Å². The Morgan fingerprint density at radius 2 is 1.83 bits per heavy atom. The smallest absolute Gasteiger partial charge is 0.389 e. The van der Waals surface area contributed by atoms with E-state index in [0.717, 1.165) is 59.6 Å². The van der Waals surface area contributed by atoms with Crippen molar-refractivity contribution in [1.29, 1.82) is 0 Å². The Balaban J connectivity index is 1.33. The second-order valence-electron chi connectivity index (χ2n) is 11.3. The first kappa shape index (κ1) is 29.5. The summed E-state index contributed by atoms with van der Waals surface area (Å²) in [6.45, 7) is -0.210. The summed E-state index contributed by atoms with van der Waals surface area (Å²) in [5.41, 5.74) is 4.11. The number of benzene rings is 2. The molecule has 1 heterocycles. The number of aromatic nitrogens is 1. The number of nitrogens with zero attached hydrogens (tertiary/aromatic N) is 2. The molecule has 0 radical (unpaired) electrons. The molecule has 1 N–H and O–H groups in total. The Morgan fingerprint density at radius 3 is 2.51 bits per heavy atom. The van der Waals surface area contributed by atoms with Crippen LogP contribution in [-0.4, -0.2) is 42.4 Å². The van der Waals surface area contributed by atoms with Crippen LogP contribution >= 0.6 is 11.3 Å². The average molecular weight is 585 g/mol. The number of amides is 1. The minimum Gasteiger partial charge on any atom is -0.496 e. The van der Waals surface area contributed by atoms with Gasteiger partial charge in [0.15, 0.2) is 0 Å². The molecule has 0 atom stereocenters. The van der Waals surface area contributed by atoms with Gasteiger partial charge < -0.3 is 19.5 Å². The van der Waals surface area contributed by atoms with Crippen molar-refractivity contribution in [2.45, 2.75) is 76.9 Å². The van der Waals surface area contributed by atoms with Crippen LogP contribution in [0.15, 0.2) is 48.7 Å². The highest BCUT2D eigenvalue weighted by atomic mass is 32.1. The van der Waals surface area contributed by atoms with Crippen molar-refractivity contribution in [2.75, 3.05) is 18.6 Å². The molecular formula is C32H38F2N2O4S. The van der Waals surface area contributed by atoms with E-state index < -0.39 is 6.61 Å². The highest BCUT2D eigenvalue weighted by molar-refractivity contribution is 7.16. The highest BCUT2D eigenvalue weighted by Crippen LogP contribution is 2.39. The first-order chi connectivity index (χ1) is 19.8. The van der Waals surface area contributed by atoms with E-state index >= 15 is 0 Å². The zero-order valence-electron chi connectivity index (χ0n) is 23.6. The van der Waals surface area contributed by atoms with Gasteiger partial charge in [-0.05, 0) is 105 Å².